The van der Waals surface area contributed by atoms with Crippen molar-refractivity contribution in [2.75, 3.05) is 5.32 Å². The minimum Gasteiger partial charge on any atom is -0.485 e. The number of carbonyl (C=O) groups excluding carboxylic acids is 1. The molecule has 0 atom stereocenters. The van der Waals surface area contributed by atoms with Gasteiger partial charge in [0, 0.05) is 4.88 Å². The van der Waals surface area contributed by atoms with Crippen LogP contribution in [0.4, 0.5) is 5.13 Å². The van der Waals surface area contributed by atoms with Crippen molar-refractivity contribution in [1.82, 2.24) is 4.98 Å². The Morgan fingerprint density at radius 3 is 2.67 bits per heavy atom. The van der Waals surface area contributed by atoms with Gasteiger partial charge < -0.3 is 9.15 Å². The van der Waals surface area contributed by atoms with Crippen LogP contribution in [0.2, 0.25) is 0 Å². The fourth-order valence-corrected chi connectivity index (χ4v) is 3.46. The van der Waals surface area contributed by atoms with Gasteiger partial charge in [-0.25, -0.2) is 4.98 Å². The van der Waals surface area contributed by atoms with Crippen LogP contribution in [0.15, 0.2) is 34.7 Å². The molecule has 27 heavy (non-hydrogen) atoms. The first kappa shape index (κ1) is 19.2. The normalized spacial score (nSPS) is 11.0. The van der Waals surface area contributed by atoms with Crippen molar-refractivity contribution >= 4 is 22.4 Å². The first-order chi connectivity index (χ1) is 12.8. The van der Waals surface area contributed by atoms with E-state index in [0.717, 1.165) is 27.4 Å². The Morgan fingerprint density at radius 2 is 2.00 bits per heavy atom. The van der Waals surface area contributed by atoms with E-state index >= 15 is 0 Å². The van der Waals surface area contributed by atoms with Crippen molar-refractivity contribution in [3.63, 3.8) is 0 Å². The monoisotopic (exact) mass is 384 g/mol. The summed E-state index contributed by atoms with van der Waals surface area (Å²) in [6.07, 6.45) is 0. The van der Waals surface area contributed by atoms with Crippen molar-refractivity contribution in [1.29, 1.82) is 0 Å². The molecule has 0 unspecified atom stereocenters. The van der Waals surface area contributed by atoms with Gasteiger partial charge in [0.25, 0.3) is 5.91 Å². The Morgan fingerprint density at radius 1 is 1.22 bits per heavy atom. The lowest BCUT2D eigenvalue weighted by atomic mass is 10.0. The van der Waals surface area contributed by atoms with Gasteiger partial charge in [0.1, 0.15) is 18.1 Å². The molecule has 0 saturated carbocycles. The highest BCUT2D eigenvalue weighted by atomic mass is 32.1. The molecule has 0 spiro atoms. The Kier molecular flexibility index (Phi) is 5.65. The Bertz CT molecular complexity index is 937. The molecule has 5 nitrogen and oxygen atoms in total. The molecule has 6 heteroatoms. The summed E-state index contributed by atoms with van der Waals surface area (Å²) in [5.74, 6) is 1.74. The van der Waals surface area contributed by atoms with Crippen LogP contribution in [-0.4, -0.2) is 10.9 Å². The number of furan rings is 1. The van der Waals surface area contributed by atoms with Crippen molar-refractivity contribution < 1.29 is 13.9 Å². The van der Waals surface area contributed by atoms with Gasteiger partial charge in [-0.15, -0.1) is 11.3 Å². The molecule has 0 aliphatic carbocycles. The van der Waals surface area contributed by atoms with Crippen LogP contribution >= 0.6 is 11.3 Å². The van der Waals surface area contributed by atoms with Gasteiger partial charge in [0.15, 0.2) is 10.9 Å². The number of amides is 1. The van der Waals surface area contributed by atoms with Gasteiger partial charge in [-0.2, -0.15) is 0 Å². The van der Waals surface area contributed by atoms with E-state index in [9.17, 15) is 4.79 Å². The summed E-state index contributed by atoms with van der Waals surface area (Å²) in [6.45, 7) is 10.5. The zero-order chi connectivity index (χ0) is 19.6. The number of rotatable bonds is 6. The maximum absolute atomic E-state index is 12.3. The number of ether oxygens (including phenoxy) is 1. The predicted molar refractivity (Wildman–Crippen MR) is 108 cm³/mol. The quantitative estimate of drug-likeness (QED) is 0.599. The molecule has 0 aliphatic heterocycles. The summed E-state index contributed by atoms with van der Waals surface area (Å²) >= 11 is 1.45. The molecule has 142 valence electrons. The molecule has 0 saturated heterocycles. The van der Waals surface area contributed by atoms with E-state index in [1.807, 2.05) is 26.8 Å². The number of anilines is 1. The van der Waals surface area contributed by atoms with Crippen molar-refractivity contribution in [3.8, 4) is 5.75 Å². The molecule has 2 aromatic heterocycles. The van der Waals surface area contributed by atoms with Gasteiger partial charge in [0.05, 0.1) is 5.69 Å². The zero-order valence-corrected chi connectivity index (χ0v) is 17.1. The van der Waals surface area contributed by atoms with Gasteiger partial charge in [-0.3, -0.25) is 10.1 Å². The fourth-order valence-electron chi connectivity index (χ4n) is 2.65. The summed E-state index contributed by atoms with van der Waals surface area (Å²) in [6, 6.07) is 9.62. The third-order valence-electron chi connectivity index (χ3n) is 4.30. The van der Waals surface area contributed by atoms with Gasteiger partial charge in [0.2, 0.25) is 0 Å². The van der Waals surface area contributed by atoms with Crippen LogP contribution in [0.1, 0.15) is 57.8 Å². The molecule has 3 rings (SSSR count). The average Bonchev–Trinajstić information content (AvgIpc) is 3.20. The minimum atomic E-state index is -0.312. The second-order valence-electron chi connectivity index (χ2n) is 6.87. The fraction of sp³-hybridized carbons (Fsp3) is 0.333. The van der Waals surface area contributed by atoms with E-state index < -0.39 is 0 Å². The summed E-state index contributed by atoms with van der Waals surface area (Å²) in [7, 11) is 0. The zero-order valence-electron chi connectivity index (χ0n) is 16.3. The second-order valence-corrected chi connectivity index (χ2v) is 8.07. The van der Waals surface area contributed by atoms with Crippen LogP contribution in [0.5, 0.6) is 5.75 Å². The van der Waals surface area contributed by atoms with Crippen LogP contribution in [0.3, 0.4) is 0 Å². The van der Waals surface area contributed by atoms with Crippen LogP contribution in [0.25, 0.3) is 0 Å². The molecular formula is C21H24N2O3S. The van der Waals surface area contributed by atoms with Gasteiger partial charge in [-0.1, -0.05) is 26.0 Å². The maximum atomic E-state index is 12.3. The van der Waals surface area contributed by atoms with E-state index in [4.69, 9.17) is 9.15 Å². The Balaban J connectivity index is 1.66. The lowest BCUT2D eigenvalue weighted by Crippen LogP contribution is -2.10. The number of aryl methyl sites for hydroxylation is 3. The average molecular weight is 385 g/mol. The number of nitrogens with zero attached hydrogens (tertiary/aromatic N) is 1. The van der Waals surface area contributed by atoms with Crippen molar-refractivity contribution in [3.05, 3.63) is 63.6 Å². The SMILES string of the molecule is Cc1ccc(C(C)C)c(OCc2ccc(C(=O)Nc3nc(C)c(C)s3)o2)c1. The molecule has 2 heterocycles. The Labute approximate surface area is 163 Å². The van der Waals surface area contributed by atoms with E-state index in [2.05, 4.69) is 36.3 Å². The van der Waals surface area contributed by atoms with E-state index in [0.29, 0.717) is 16.8 Å². The van der Waals surface area contributed by atoms with Crippen LogP contribution in [0, 0.1) is 20.8 Å². The number of hydrogen-bond donors (Lipinski definition) is 1. The topological polar surface area (TPSA) is 64.4 Å². The van der Waals surface area contributed by atoms with E-state index in [1.165, 1.54) is 11.3 Å². The molecule has 1 aromatic carbocycles. The highest BCUT2D eigenvalue weighted by Crippen LogP contribution is 2.28. The van der Waals surface area contributed by atoms with Crippen LogP contribution < -0.4 is 10.1 Å². The molecule has 0 fully saturated rings. The third-order valence-corrected chi connectivity index (χ3v) is 5.28. The summed E-state index contributed by atoms with van der Waals surface area (Å²) < 4.78 is 11.6. The van der Waals surface area contributed by atoms with Gasteiger partial charge in [-0.05, 0) is 56.0 Å². The van der Waals surface area contributed by atoms with E-state index in [1.54, 1.807) is 12.1 Å². The van der Waals surface area contributed by atoms with E-state index in [-0.39, 0.29) is 18.3 Å². The first-order valence-corrected chi connectivity index (χ1v) is 9.72. The number of nitrogens with one attached hydrogen (secondary N) is 1. The second kappa shape index (κ2) is 7.96. The molecule has 1 N–H and O–H groups in total. The molecule has 0 bridgehead atoms. The highest BCUT2D eigenvalue weighted by molar-refractivity contribution is 7.15. The smallest absolute Gasteiger partial charge is 0.293 e. The number of carbonyl (C=O) groups is 1. The van der Waals surface area contributed by atoms with Crippen molar-refractivity contribution in [2.45, 2.75) is 47.1 Å². The summed E-state index contributed by atoms with van der Waals surface area (Å²) in [4.78, 5) is 17.7. The first-order valence-electron chi connectivity index (χ1n) is 8.91. The highest BCUT2D eigenvalue weighted by Gasteiger charge is 2.15. The largest absolute Gasteiger partial charge is 0.485 e. The van der Waals surface area contributed by atoms with Gasteiger partial charge >= 0.3 is 0 Å². The summed E-state index contributed by atoms with van der Waals surface area (Å²) in [5.41, 5.74) is 3.21. The van der Waals surface area contributed by atoms with Crippen LogP contribution in [-0.2, 0) is 6.61 Å². The lowest BCUT2D eigenvalue weighted by molar-refractivity contribution is 0.0992. The number of thiazole rings is 1. The predicted octanol–water partition coefficient (Wildman–Crippen LogP) is 5.62. The Hall–Kier alpha value is -2.60. The van der Waals surface area contributed by atoms with Crippen molar-refractivity contribution in [2.24, 2.45) is 0 Å². The number of hydrogen-bond acceptors (Lipinski definition) is 5. The third kappa shape index (κ3) is 4.57. The summed E-state index contributed by atoms with van der Waals surface area (Å²) in [5, 5.41) is 3.35. The molecular weight excluding hydrogens is 360 g/mol. The number of aromatic nitrogens is 1. The molecule has 0 radical (unpaired) electrons. The lowest BCUT2D eigenvalue weighted by Gasteiger charge is -2.14. The maximum Gasteiger partial charge on any atom is 0.293 e. The standard InChI is InChI=1S/C21H24N2O3S/c1-12(2)17-8-6-13(3)10-19(17)25-11-16-7-9-18(26-16)20(24)23-21-22-14(4)15(5)27-21/h6-10,12H,11H2,1-5H3,(H,22,23,24). The minimum absolute atomic E-state index is 0.243. The molecule has 3 aromatic rings. The molecule has 1 amide bonds. The molecule has 0 aliphatic rings. The number of benzene rings is 1.